The number of para-hydroxylation sites is 1. The molecule has 0 aliphatic carbocycles. The zero-order chi connectivity index (χ0) is 16.4. The van der Waals surface area contributed by atoms with E-state index in [1.807, 2.05) is 0 Å². The standard InChI is InChI=1S/C24H15N/c1-2-9-17-15(7-1)16-8-3-4-11-19(16)23-20(17)13-14-21-18-10-5-6-12-22(18)25-24(21)23/h1-14,25H. The van der Waals surface area contributed by atoms with Crippen LogP contribution in [0.25, 0.3) is 54.1 Å². The van der Waals surface area contributed by atoms with Crippen LogP contribution < -0.4 is 0 Å². The molecule has 1 nitrogen and oxygen atoms in total. The van der Waals surface area contributed by atoms with Gasteiger partial charge in [-0.05, 0) is 33.0 Å². The molecular formula is C24H15N. The molecule has 0 unspecified atom stereocenters. The summed E-state index contributed by atoms with van der Waals surface area (Å²) in [5.41, 5.74) is 2.43. The van der Waals surface area contributed by atoms with Crippen LogP contribution in [-0.4, -0.2) is 4.98 Å². The fourth-order valence-corrected chi connectivity index (χ4v) is 4.31. The Hall–Kier alpha value is -3.32. The normalized spacial score (nSPS) is 12.0. The van der Waals surface area contributed by atoms with Crippen LogP contribution >= 0.6 is 0 Å². The third kappa shape index (κ3) is 1.62. The first kappa shape index (κ1) is 13.0. The Kier molecular flexibility index (Phi) is 2.40. The number of fused-ring (bicyclic) bond motifs is 10. The van der Waals surface area contributed by atoms with E-state index in [0.717, 1.165) is 0 Å². The van der Waals surface area contributed by atoms with E-state index in [9.17, 15) is 0 Å². The van der Waals surface area contributed by atoms with Crippen molar-refractivity contribution in [2.75, 3.05) is 0 Å². The maximum atomic E-state index is 3.68. The number of H-pyrrole nitrogens is 1. The number of benzene rings is 5. The van der Waals surface area contributed by atoms with E-state index >= 15 is 0 Å². The van der Waals surface area contributed by atoms with Crippen molar-refractivity contribution in [3.8, 4) is 0 Å². The lowest BCUT2D eigenvalue weighted by Crippen LogP contribution is -1.84. The van der Waals surface area contributed by atoms with Gasteiger partial charge in [0.05, 0.1) is 5.52 Å². The van der Waals surface area contributed by atoms with Gasteiger partial charge < -0.3 is 4.98 Å². The van der Waals surface area contributed by atoms with Crippen LogP contribution in [0.4, 0.5) is 0 Å². The van der Waals surface area contributed by atoms with Crippen molar-refractivity contribution < 1.29 is 0 Å². The summed E-state index contributed by atoms with van der Waals surface area (Å²) in [6.45, 7) is 0. The molecule has 1 heterocycles. The van der Waals surface area contributed by atoms with Crippen LogP contribution in [0, 0.1) is 0 Å². The second-order valence-corrected chi connectivity index (χ2v) is 6.67. The van der Waals surface area contributed by atoms with Gasteiger partial charge >= 0.3 is 0 Å². The fraction of sp³-hybridized carbons (Fsp3) is 0. The molecule has 0 aliphatic rings. The number of aromatic nitrogens is 1. The van der Waals surface area contributed by atoms with Gasteiger partial charge in [-0.15, -0.1) is 0 Å². The van der Waals surface area contributed by atoms with Crippen molar-refractivity contribution in [1.82, 2.24) is 4.98 Å². The van der Waals surface area contributed by atoms with Gasteiger partial charge in [0, 0.05) is 21.7 Å². The molecule has 6 aromatic rings. The van der Waals surface area contributed by atoms with Crippen LogP contribution in [0.5, 0.6) is 0 Å². The molecule has 0 radical (unpaired) electrons. The maximum Gasteiger partial charge on any atom is 0.0551 e. The number of rotatable bonds is 0. The molecule has 25 heavy (non-hydrogen) atoms. The van der Waals surface area contributed by atoms with E-state index in [1.165, 1.54) is 54.1 Å². The largest absolute Gasteiger partial charge is 0.354 e. The lowest BCUT2D eigenvalue weighted by atomic mass is 9.93. The highest BCUT2D eigenvalue weighted by molar-refractivity contribution is 6.32. The minimum atomic E-state index is 1.20. The molecule has 0 atom stereocenters. The first-order valence-electron chi connectivity index (χ1n) is 8.64. The third-order valence-corrected chi connectivity index (χ3v) is 5.39. The van der Waals surface area contributed by atoms with E-state index in [-0.39, 0.29) is 0 Å². The molecule has 0 saturated carbocycles. The minimum Gasteiger partial charge on any atom is -0.354 e. The van der Waals surface area contributed by atoms with Gasteiger partial charge in [0.15, 0.2) is 0 Å². The van der Waals surface area contributed by atoms with Gasteiger partial charge in [-0.2, -0.15) is 0 Å². The van der Waals surface area contributed by atoms with Gasteiger partial charge in [-0.3, -0.25) is 0 Å². The third-order valence-electron chi connectivity index (χ3n) is 5.39. The Morgan fingerprint density at radius 2 is 0.880 bits per heavy atom. The van der Waals surface area contributed by atoms with Crippen LogP contribution in [-0.2, 0) is 0 Å². The number of hydrogen-bond acceptors (Lipinski definition) is 0. The lowest BCUT2D eigenvalue weighted by Gasteiger charge is -2.11. The van der Waals surface area contributed by atoms with Gasteiger partial charge in [0.1, 0.15) is 0 Å². The molecule has 5 aromatic carbocycles. The predicted molar refractivity (Wildman–Crippen MR) is 108 cm³/mol. The van der Waals surface area contributed by atoms with Crippen molar-refractivity contribution in [1.29, 1.82) is 0 Å². The van der Waals surface area contributed by atoms with Crippen molar-refractivity contribution >= 4 is 54.1 Å². The summed E-state index contributed by atoms with van der Waals surface area (Å²) in [4.78, 5) is 3.68. The van der Waals surface area contributed by atoms with Crippen LogP contribution in [0.15, 0.2) is 84.9 Å². The molecule has 0 saturated heterocycles. The summed E-state index contributed by atoms with van der Waals surface area (Å²) in [7, 11) is 0. The Labute approximate surface area is 144 Å². The van der Waals surface area contributed by atoms with Crippen molar-refractivity contribution in [3.63, 3.8) is 0 Å². The SMILES string of the molecule is c1ccc2c(c1)[nH]c1c2ccc2c3ccccc3c3ccccc3c21. The predicted octanol–water partition coefficient (Wildman–Crippen LogP) is 6.78. The van der Waals surface area contributed by atoms with Gasteiger partial charge in [-0.1, -0.05) is 78.9 Å². The van der Waals surface area contributed by atoms with Crippen LogP contribution in [0.3, 0.4) is 0 Å². The quantitative estimate of drug-likeness (QED) is 0.297. The minimum absolute atomic E-state index is 1.20. The van der Waals surface area contributed by atoms with E-state index in [1.54, 1.807) is 0 Å². The second-order valence-electron chi connectivity index (χ2n) is 6.67. The summed E-state index contributed by atoms with van der Waals surface area (Å²) in [5, 5.41) is 10.5. The zero-order valence-corrected chi connectivity index (χ0v) is 13.6. The zero-order valence-electron chi connectivity index (χ0n) is 13.6. The summed E-state index contributed by atoms with van der Waals surface area (Å²) in [6.07, 6.45) is 0. The summed E-state index contributed by atoms with van der Waals surface area (Å²) >= 11 is 0. The molecule has 0 aliphatic heterocycles. The van der Waals surface area contributed by atoms with Crippen LogP contribution in [0.2, 0.25) is 0 Å². The van der Waals surface area contributed by atoms with E-state index < -0.39 is 0 Å². The summed E-state index contributed by atoms with van der Waals surface area (Å²) in [5.74, 6) is 0. The molecule has 1 N–H and O–H groups in total. The monoisotopic (exact) mass is 317 g/mol. The van der Waals surface area contributed by atoms with E-state index in [4.69, 9.17) is 0 Å². The van der Waals surface area contributed by atoms with E-state index in [2.05, 4.69) is 89.9 Å². The number of hydrogen-bond donors (Lipinski definition) is 1. The number of aromatic amines is 1. The maximum absolute atomic E-state index is 3.68. The van der Waals surface area contributed by atoms with E-state index in [0.29, 0.717) is 0 Å². The first-order valence-corrected chi connectivity index (χ1v) is 8.64. The molecule has 0 spiro atoms. The second kappa shape index (κ2) is 4.61. The average molecular weight is 317 g/mol. The van der Waals surface area contributed by atoms with Gasteiger partial charge in [-0.25, -0.2) is 0 Å². The molecule has 0 amide bonds. The lowest BCUT2D eigenvalue weighted by molar-refractivity contribution is 1.57. The van der Waals surface area contributed by atoms with Crippen molar-refractivity contribution in [2.45, 2.75) is 0 Å². The average Bonchev–Trinajstić information content (AvgIpc) is 3.06. The Morgan fingerprint density at radius 3 is 1.60 bits per heavy atom. The summed E-state index contributed by atoms with van der Waals surface area (Å²) < 4.78 is 0. The molecule has 0 fully saturated rings. The smallest absolute Gasteiger partial charge is 0.0551 e. The highest BCUT2D eigenvalue weighted by Crippen LogP contribution is 2.40. The first-order chi connectivity index (χ1) is 12.4. The Morgan fingerprint density at radius 1 is 0.400 bits per heavy atom. The molecule has 6 rings (SSSR count). The summed E-state index contributed by atoms with van der Waals surface area (Å²) in [6, 6.07) is 30.6. The molecule has 116 valence electrons. The van der Waals surface area contributed by atoms with Gasteiger partial charge in [0.25, 0.3) is 0 Å². The number of nitrogens with one attached hydrogen (secondary N) is 1. The fourth-order valence-electron chi connectivity index (χ4n) is 4.31. The molecule has 0 bridgehead atoms. The molecule has 1 aromatic heterocycles. The Bertz CT molecular complexity index is 1400. The molecular weight excluding hydrogens is 302 g/mol. The van der Waals surface area contributed by atoms with Crippen molar-refractivity contribution in [2.24, 2.45) is 0 Å². The highest BCUT2D eigenvalue weighted by atomic mass is 14.7. The topological polar surface area (TPSA) is 15.8 Å². The van der Waals surface area contributed by atoms with Gasteiger partial charge in [0.2, 0.25) is 0 Å². The molecule has 1 heteroatoms. The highest BCUT2D eigenvalue weighted by Gasteiger charge is 2.13. The Balaban J connectivity index is 2.02. The van der Waals surface area contributed by atoms with Crippen LogP contribution in [0.1, 0.15) is 0 Å². The van der Waals surface area contributed by atoms with Crippen molar-refractivity contribution in [3.05, 3.63) is 84.9 Å².